The molecule has 0 heterocycles. The van der Waals surface area contributed by atoms with Gasteiger partial charge in [-0.2, -0.15) is 46.6 Å². The van der Waals surface area contributed by atoms with Gasteiger partial charge in [-0.15, -0.1) is 0 Å². The van der Waals surface area contributed by atoms with Crippen molar-refractivity contribution in [2.24, 2.45) is 52.0 Å². The van der Waals surface area contributed by atoms with Crippen molar-refractivity contribution in [3.63, 3.8) is 0 Å². The Kier molecular flexibility index (Phi) is 130. The summed E-state index contributed by atoms with van der Waals surface area (Å²) >= 11 is 0. The van der Waals surface area contributed by atoms with Crippen molar-refractivity contribution in [3.8, 4) is 0 Å². The Balaban J connectivity index is -0.0000000187. The van der Waals surface area contributed by atoms with Crippen molar-refractivity contribution in [1.29, 1.82) is 0 Å². The third kappa shape index (κ3) is 154. The van der Waals surface area contributed by atoms with E-state index < -0.39 is 0 Å². The van der Waals surface area contributed by atoms with E-state index in [4.69, 9.17) is 5.53 Å². The molecule has 2 atom stereocenters. The van der Waals surface area contributed by atoms with E-state index in [-0.39, 0.29) is 185 Å². The van der Waals surface area contributed by atoms with Crippen molar-refractivity contribution < 1.29 is 169 Å². The third-order valence-corrected chi connectivity index (χ3v) is 3.23. The molecule has 0 N–H and O–H groups in total. The first-order valence-electron chi connectivity index (χ1n) is 11.5. The molecule has 42 heavy (non-hydrogen) atoms. The number of rotatable bonds is 2. The predicted molar refractivity (Wildman–Crippen MR) is 152 cm³/mol. The van der Waals surface area contributed by atoms with Crippen LogP contribution in [0.3, 0.4) is 0 Å². The molecular weight excluding hydrogens is 1900 g/mol. The average molecular weight is 1960 g/mol. The second kappa shape index (κ2) is 60.1. The molecule has 0 saturated heterocycles. The van der Waals surface area contributed by atoms with Crippen LogP contribution in [0.15, 0.2) is 35.8 Å². The molecule has 0 aliphatic carbocycles. The van der Waals surface area contributed by atoms with E-state index in [1.165, 1.54) is 13.0 Å². The van der Waals surface area contributed by atoms with Crippen LogP contribution < -0.4 is 0 Å². The topological polar surface area (TPSA) is 109 Å². The van der Waals surface area contributed by atoms with Crippen LogP contribution >= 0.6 is 0 Å². The molecule has 0 radical (unpaired) electrons. The van der Waals surface area contributed by atoms with Gasteiger partial charge in [-0.05, 0) is 24.7 Å². The van der Waals surface area contributed by atoms with E-state index in [9.17, 15) is 0 Å². The van der Waals surface area contributed by atoms with Gasteiger partial charge in [-0.3, -0.25) is 7.05 Å². The standard InChI is InChI=1S/2C7H16N2.C5H11.C4H9.C2H5N2.CH3N2.8W/c2*1-6(9-8-5)7(2,3)4;1-5(2,3)4;1-4(2)3;1-3-4-2;1-3-2;;;;;;;;/h2*6H,1-5H3;1H2,2-4H3;1-3H3;1H2,2H3;1H3;;;;;;;;/q;;4*-1;;;;;;;2*+2. The van der Waals surface area contributed by atoms with Crippen LogP contribution in [0.4, 0.5) is 0 Å². The fourth-order valence-electron chi connectivity index (χ4n) is 0.693. The van der Waals surface area contributed by atoms with Crippen LogP contribution in [-0.2, 0) is 169 Å². The number of hydrogen-bond donors (Lipinski definition) is 0. The quantitative estimate of drug-likeness (QED) is 0.194. The maximum atomic E-state index is 7.19. The Morgan fingerprint density at radius 3 is 0.714 bits per heavy atom. The molecule has 0 aromatic heterocycles. The van der Waals surface area contributed by atoms with E-state index in [2.05, 4.69) is 147 Å². The van der Waals surface area contributed by atoms with Crippen LogP contribution in [0.5, 0.6) is 0 Å². The molecule has 252 valence electrons. The van der Waals surface area contributed by atoms with Gasteiger partial charge in [0.1, 0.15) is 0 Å². The molecule has 16 heteroatoms. The Morgan fingerprint density at radius 2 is 0.690 bits per heavy atom. The van der Waals surface area contributed by atoms with E-state index >= 15 is 0 Å². The van der Waals surface area contributed by atoms with Crippen LogP contribution in [0.1, 0.15) is 96.9 Å². The van der Waals surface area contributed by atoms with Crippen LogP contribution in [-0.4, -0.2) is 40.3 Å². The monoisotopic (exact) mass is 1960 g/mol. The molecule has 0 rings (SSSR count). The summed E-state index contributed by atoms with van der Waals surface area (Å²) in [6.45, 7) is 33.4. The van der Waals surface area contributed by atoms with Crippen molar-refractivity contribution >= 4 is 0 Å². The van der Waals surface area contributed by atoms with Gasteiger partial charge >= 0.3 is 42.1 Å². The van der Waals surface area contributed by atoms with Gasteiger partial charge < -0.3 is 28.6 Å². The van der Waals surface area contributed by atoms with Gasteiger partial charge in [0.05, 0.1) is 12.1 Å². The van der Waals surface area contributed by atoms with Crippen molar-refractivity contribution in [3.05, 3.63) is 25.4 Å². The van der Waals surface area contributed by atoms with Crippen molar-refractivity contribution in [1.82, 2.24) is 0 Å². The summed E-state index contributed by atoms with van der Waals surface area (Å²) in [7, 11) is 9.37. The molecule has 0 aromatic rings. The summed E-state index contributed by atoms with van der Waals surface area (Å²) in [4.78, 5) is 0. The first-order chi connectivity index (χ1) is 15.0. The van der Waals surface area contributed by atoms with Gasteiger partial charge in [0.2, 0.25) is 0 Å². The van der Waals surface area contributed by atoms with Gasteiger partial charge in [-0.25, -0.2) is 5.11 Å². The minimum absolute atomic E-state index is 0. The van der Waals surface area contributed by atoms with E-state index in [1.54, 1.807) is 21.1 Å². The van der Waals surface area contributed by atoms with Crippen molar-refractivity contribution in [2.75, 3.05) is 28.2 Å². The molecule has 0 fully saturated rings. The average Bonchev–Trinajstić information content (AvgIpc) is 2.60. The molecule has 2 unspecified atom stereocenters. The summed E-state index contributed by atoms with van der Waals surface area (Å²) in [5.74, 6) is 1.42. The second-order valence-electron chi connectivity index (χ2n) is 11.3. The maximum Gasteiger partial charge on any atom is 2.00 e. The minimum atomic E-state index is 0. The zero-order chi connectivity index (χ0) is 29.2. The number of azo groups is 3. The van der Waals surface area contributed by atoms with Gasteiger partial charge in [0, 0.05) is 155 Å². The number of hydrogen-bond acceptors (Lipinski definition) is 7. The summed E-state index contributed by atoms with van der Waals surface area (Å²) in [5.41, 5.74) is 7.94. The van der Waals surface area contributed by atoms with Gasteiger partial charge in [0.25, 0.3) is 0 Å². The Morgan fingerprint density at radius 1 is 0.571 bits per heavy atom. The fraction of sp³-hybridized carbons (Fsp3) is 0.885. The predicted octanol–water partition coefficient (Wildman–Crippen LogP) is 9.97. The fourth-order valence-corrected chi connectivity index (χ4v) is 0.693. The zero-order valence-corrected chi connectivity index (χ0v) is 52.9. The van der Waals surface area contributed by atoms with E-state index in [1.807, 2.05) is 0 Å². The molecule has 8 nitrogen and oxygen atoms in total. The SMILES string of the molecule is CN=NC(C)C(C)(C)C.CN=NC(C)C(C)(C)C.CN=[N-].C[C-](C)C.[CH2-]C(C)(C)C.[CH2-]N=NC.[W+2].[W+2].[W].[W].[W].[W].[W].[W]. The molecule has 0 spiro atoms. The molecule has 0 aliphatic rings. The molecule has 0 aliphatic heterocycles. The first-order valence-corrected chi connectivity index (χ1v) is 11.5. The van der Waals surface area contributed by atoms with E-state index in [0.29, 0.717) is 12.1 Å². The minimum Gasteiger partial charge on any atom is -0.712 e. The Hall–Kier alpha value is 3.78. The largest absolute Gasteiger partial charge is 2.00 e. The summed E-state index contributed by atoms with van der Waals surface area (Å²) < 4.78 is 0. The van der Waals surface area contributed by atoms with Crippen molar-refractivity contribution in [2.45, 2.75) is 109 Å². The normalized spacial score (nSPS) is 10.6. The van der Waals surface area contributed by atoms with Crippen LogP contribution in [0.2, 0.25) is 0 Å². The summed E-state index contributed by atoms with van der Waals surface area (Å²) in [6.07, 6.45) is 0. The Bertz CT molecular complexity index is 465. The zero-order valence-electron chi connectivity index (χ0n) is 29.4. The van der Waals surface area contributed by atoms with Crippen LogP contribution in [0.25, 0.3) is 5.53 Å². The smallest absolute Gasteiger partial charge is 0.712 e. The van der Waals surface area contributed by atoms with E-state index in [0.717, 1.165) is 0 Å². The van der Waals surface area contributed by atoms with Crippen LogP contribution in [0, 0.1) is 36.1 Å². The maximum absolute atomic E-state index is 7.19. The van der Waals surface area contributed by atoms with Gasteiger partial charge in [0.15, 0.2) is 0 Å². The number of nitrogens with zero attached hydrogens (tertiary/aromatic N) is 8. The molecule has 0 bridgehead atoms. The summed E-state index contributed by atoms with van der Waals surface area (Å²) in [5, 5.41) is 24.4. The molecule has 0 aromatic carbocycles. The molecule has 0 saturated carbocycles. The molecular formula is C26H60N8W8. The first kappa shape index (κ1) is 90.9. The molecule has 0 amide bonds. The van der Waals surface area contributed by atoms with Gasteiger partial charge in [-0.1, -0.05) is 62.3 Å². The summed E-state index contributed by atoms with van der Waals surface area (Å²) in [6, 6.07) is 0.644. The third-order valence-electron chi connectivity index (χ3n) is 3.23. The second-order valence-corrected chi connectivity index (χ2v) is 11.3. The Labute approximate surface area is 378 Å².